The molecular weight excluding hydrogens is 383 g/mol. The molecule has 0 bridgehead atoms. The second kappa shape index (κ2) is 8.31. The Labute approximate surface area is 161 Å². The Morgan fingerprint density at radius 3 is 2.29 bits per heavy atom. The number of Topliss-reactive ketones (excluding diaryl/α,β-unsaturated/α-hetero) is 1. The molecule has 0 fully saturated rings. The van der Waals surface area contributed by atoms with E-state index >= 15 is 0 Å². The van der Waals surface area contributed by atoms with E-state index < -0.39 is 39.8 Å². The zero-order valence-electron chi connectivity index (χ0n) is 14.8. The minimum absolute atomic E-state index is 0.126. The highest BCUT2D eigenvalue weighted by Gasteiger charge is 2.18. The predicted octanol–water partition coefficient (Wildman–Crippen LogP) is 3.57. The Kier molecular flexibility index (Phi) is 5.84. The SMILES string of the molecule is O=C(CCS(=O)(=O)c1ccc2ccccc2c1)OCC(=O)c1ccc(F)cc1. The van der Waals surface area contributed by atoms with Crippen molar-refractivity contribution in [1.29, 1.82) is 0 Å². The van der Waals surface area contributed by atoms with Gasteiger partial charge in [-0.25, -0.2) is 12.8 Å². The van der Waals surface area contributed by atoms with Crippen LogP contribution in [0, 0.1) is 5.82 Å². The summed E-state index contributed by atoms with van der Waals surface area (Å²) in [7, 11) is -3.67. The number of rotatable bonds is 7. The van der Waals surface area contributed by atoms with Gasteiger partial charge >= 0.3 is 5.97 Å². The molecule has 0 aromatic heterocycles. The molecule has 0 unspecified atom stereocenters. The molecule has 0 N–H and O–H groups in total. The molecule has 0 aliphatic carbocycles. The van der Waals surface area contributed by atoms with Crippen molar-refractivity contribution >= 4 is 32.4 Å². The molecule has 0 amide bonds. The van der Waals surface area contributed by atoms with Gasteiger partial charge in [-0.1, -0.05) is 30.3 Å². The lowest BCUT2D eigenvalue weighted by Gasteiger charge is -2.07. The molecule has 7 heteroatoms. The van der Waals surface area contributed by atoms with Crippen LogP contribution in [0.2, 0.25) is 0 Å². The Balaban J connectivity index is 1.56. The molecule has 0 atom stereocenters. The molecule has 5 nitrogen and oxygen atoms in total. The van der Waals surface area contributed by atoms with Crippen LogP contribution < -0.4 is 0 Å². The number of hydrogen-bond donors (Lipinski definition) is 0. The largest absolute Gasteiger partial charge is 0.457 e. The average molecular weight is 400 g/mol. The molecule has 0 spiro atoms. The van der Waals surface area contributed by atoms with Gasteiger partial charge in [0.2, 0.25) is 0 Å². The van der Waals surface area contributed by atoms with Crippen LogP contribution in [-0.2, 0) is 19.4 Å². The maximum Gasteiger partial charge on any atom is 0.307 e. The number of carbonyl (C=O) groups excluding carboxylic acids is 2. The Bertz CT molecular complexity index is 1120. The third-order valence-corrected chi connectivity index (χ3v) is 5.90. The number of benzene rings is 3. The Morgan fingerprint density at radius 1 is 0.893 bits per heavy atom. The second-order valence-electron chi connectivity index (χ2n) is 6.17. The van der Waals surface area contributed by atoms with Crippen molar-refractivity contribution in [3.05, 3.63) is 78.1 Å². The smallest absolute Gasteiger partial charge is 0.307 e. The molecule has 28 heavy (non-hydrogen) atoms. The number of hydrogen-bond acceptors (Lipinski definition) is 5. The van der Waals surface area contributed by atoms with E-state index in [1.165, 1.54) is 18.2 Å². The van der Waals surface area contributed by atoms with E-state index in [-0.39, 0.29) is 16.9 Å². The van der Waals surface area contributed by atoms with Crippen LogP contribution in [0.1, 0.15) is 16.8 Å². The molecule has 0 radical (unpaired) electrons. The number of carbonyl (C=O) groups is 2. The van der Waals surface area contributed by atoms with Crippen LogP contribution in [-0.4, -0.2) is 32.5 Å². The first-order valence-electron chi connectivity index (χ1n) is 8.51. The summed E-state index contributed by atoms with van der Waals surface area (Å²) >= 11 is 0. The minimum Gasteiger partial charge on any atom is -0.457 e. The van der Waals surface area contributed by atoms with Crippen molar-refractivity contribution in [1.82, 2.24) is 0 Å². The van der Waals surface area contributed by atoms with E-state index in [0.717, 1.165) is 22.9 Å². The highest BCUT2D eigenvalue weighted by Crippen LogP contribution is 2.20. The van der Waals surface area contributed by atoms with Crippen molar-refractivity contribution < 1.29 is 27.1 Å². The highest BCUT2D eigenvalue weighted by atomic mass is 32.2. The van der Waals surface area contributed by atoms with E-state index in [1.807, 2.05) is 24.3 Å². The lowest BCUT2D eigenvalue weighted by molar-refractivity contribution is -0.142. The van der Waals surface area contributed by atoms with Crippen molar-refractivity contribution in [2.45, 2.75) is 11.3 Å². The summed E-state index contributed by atoms with van der Waals surface area (Å²) in [5.41, 5.74) is 0.206. The molecule has 0 saturated heterocycles. The van der Waals surface area contributed by atoms with E-state index in [0.29, 0.717) is 0 Å². The van der Waals surface area contributed by atoms with E-state index in [4.69, 9.17) is 4.74 Å². The monoisotopic (exact) mass is 400 g/mol. The number of ketones is 1. The van der Waals surface area contributed by atoms with Crippen molar-refractivity contribution in [2.75, 3.05) is 12.4 Å². The summed E-state index contributed by atoms with van der Waals surface area (Å²) in [4.78, 5) is 23.8. The molecule has 3 aromatic rings. The summed E-state index contributed by atoms with van der Waals surface area (Å²) in [5.74, 6) is -2.19. The third-order valence-electron chi connectivity index (χ3n) is 4.19. The minimum atomic E-state index is -3.67. The first kappa shape index (κ1) is 19.7. The molecule has 144 valence electrons. The summed E-state index contributed by atoms with van der Waals surface area (Å²) in [6, 6.07) is 17.0. The lowest BCUT2D eigenvalue weighted by Crippen LogP contribution is -2.17. The fourth-order valence-electron chi connectivity index (χ4n) is 2.63. The molecule has 0 aliphatic heterocycles. The number of esters is 1. The van der Waals surface area contributed by atoms with Gasteiger partial charge in [0.1, 0.15) is 5.82 Å². The van der Waals surface area contributed by atoms with Gasteiger partial charge in [0.25, 0.3) is 0 Å². The summed E-state index contributed by atoms with van der Waals surface area (Å²) in [6.07, 6.45) is -0.369. The van der Waals surface area contributed by atoms with Crippen LogP contribution in [0.25, 0.3) is 10.8 Å². The maximum atomic E-state index is 12.8. The van der Waals surface area contributed by atoms with Crippen LogP contribution in [0.3, 0.4) is 0 Å². The van der Waals surface area contributed by atoms with Gasteiger partial charge in [0.15, 0.2) is 22.2 Å². The Morgan fingerprint density at radius 2 is 1.57 bits per heavy atom. The van der Waals surface area contributed by atoms with E-state index in [9.17, 15) is 22.4 Å². The normalized spacial score (nSPS) is 11.3. The lowest BCUT2D eigenvalue weighted by atomic mass is 10.1. The van der Waals surface area contributed by atoms with Crippen molar-refractivity contribution in [3.8, 4) is 0 Å². The number of fused-ring (bicyclic) bond motifs is 1. The van der Waals surface area contributed by atoms with Gasteiger partial charge in [-0.2, -0.15) is 0 Å². The molecule has 3 rings (SSSR count). The first-order chi connectivity index (χ1) is 13.3. The molecular formula is C21H17FO5S. The zero-order chi connectivity index (χ0) is 20.1. The number of halogens is 1. The highest BCUT2D eigenvalue weighted by molar-refractivity contribution is 7.91. The average Bonchev–Trinajstić information content (AvgIpc) is 2.70. The summed E-state index contributed by atoms with van der Waals surface area (Å²) in [6.45, 7) is -0.527. The predicted molar refractivity (Wildman–Crippen MR) is 102 cm³/mol. The van der Waals surface area contributed by atoms with Gasteiger partial charge < -0.3 is 4.74 Å². The maximum absolute atomic E-state index is 12.8. The standard InChI is InChI=1S/C21H17FO5S/c22-18-8-5-16(6-9-18)20(23)14-27-21(24)11-12-28(25,26)19-10-7-15-3-1-2-4-17(15)13-19/h1-10,13H,11-12,14H2. The van der Waals surface area contributed by atoms with Gasteiger partial charge in [-0.05, 0) is 47.2 Å². The van der Waals surface area contributed by atoms with Crippen LogP contribution in [0.4, 0.5) is 4.39 Å². The van der Waals surface area contributed by atoms with Crippen LogP contribution >= 0.6 is 0 Å². The Hall–Kier alpha value is -3.06. The van der Waals surface area contributed by atoms with E-state index in [1.54, 1.807) is 12.1 Å². The molecule has 0 heterocycles. The third kappa shape index (κ3) is 4.80. The van der Waals surface area contributed by atoms with Gasteiger partial charge in [-0.15, -0.1) is 0 Å². The van der Waals surface area contributed by atoms with Gasteiger partial charge in [-0.3, -0.25) is 9.59 Å². The number of ether oxygens (including phenoxy) is 1. The fraction of sp³-hybridized carbons (Fsp3) is 0.143. The van der Waals surface area contributed by atoms with Gasteiger partial charge in [0.05, 0.1) is 17.1 Å². The van der Waals surface area contributed by atoms with Crippen molar-refractivity contribution in [2.24, 2.45) is 0 Å². The molecule has 0 aliphatic rings. The first-order valence-corrected chi connectivity index (χ1v) is 10.2. The van der Waals surface area contributed by atoms with Crippen LogP contribution in [0.15, 0.2) is 71.6 Å². The van der Waals surface area contributed by atoms with Gasteiger partial charge in [0, 0.05) is 5.56 Å². The van der Waals surface area contributed by atoms with E-state index in [2.05, 4.69) is 0 Å². The summed E-state index contributed by atoms with van der Waals surface area (Å²) < 4.78 is 42.6. The second-order valence-corrected chi connectivity index (χ2v) is 8.28. The fourth-order valence-corrected chi connectivity index (χ4v) is 3.89. The molecule has 0 saturated carbocycles. The topological polar surface area (TPSA) is 77.5 Å². The molecule has 3 aromatic carbocycles. The quantitative estimate of drug-likeness (QED) is 0.448. The summed E-state index contributed by atoms with van der Waals surface area (Å²) in [5, 5.41) is 1.70. The number of sulfone groups is 1. The van der Waals surface area contributed by atoms with Crippen LogP contribution in [0.5, 0.6) is 0 Å². The van der Waals surface area contributed by atoms with Crippen molar-refractivity contribution in [3.63, 3.8) is 0 Å². The zero-order valence-corrected chi connectivity index (χ0v) is 15.6.